The SMILES string of the molecule is Cc1cc(NC(=O)CNC(c2ccccc2)c2cc3ccccc3o2)n(-c2ccccc2)n1. The molecule has 6 nitrogen and oxygen atoms in total. The molecule has 0 fully saturated rings. The molecular formula is C27H24N4O2. The molecule has 1 amide bonds. The molecule has 6 heteroatoms. The Labute approximate surface area is 191 Å². The first-order valence-electron chi connectivity index (χ1n) is 10.9. The van der Waals surface area contributed by atoms with Crippen molar-refractivity contribution in [2.75, 3.05) is 11.9 Å². The van der Waals surface area contributed by atoms with Gasteiger partial charge in [0, 0.05) is 11.5 Å². The second kappa shape index (κ2) is 9.14. The summed E-state index contributed by atoms with van der Waals surface area (Å²) in [7, 11) is 0. The molecule has 5 rings (SSSR count). The van der Waals surface area contributed by atoms with Crippen LogP contribution < -0.4 is 10.6 Å². The number of nitrogens with zero attached hydrogens (tertiary/aromatic N) is 2. The summed E-state index contributed by atoms with van der Waals surface area (Å²) >= 11 is 0. The van der Waals surface area contributed by atoms with Gasteiger partial charge in [-0.1, -0.05) is 66.7 Å². The Morgan fingerprint density at radius 1 is 0.939 bits per heavy atom. The summed E-state index contributed by atoms with van der Waals surface area (Å²) in [5.74, 6) is 1.23. The minimum absolute atomic E-state index is 0.107. The summed E-state index contributed by atoms with van der Waals surface area (Å²) < 4.78 is 7.84. The Kier molecular flexibility index (Phi) is 5.74. The van der Waals surface area contributed by atoms with Crippen LogP contribution in [0, 0.1) is 6.92 Å². The first kappa shape index (κ1) is 20.7. The highest BCUT2D eigenvalue weighted by Gasteiger charge is 2.20. The van der Waals surface area contributed by atoms with E-state index in [0.717, 1.165) is 33.7 Å². The van der Waals surface area contributed by atoms with Gasteiger partial charge in [0.2, 0.25) is 5.91 Å². The van der Waals surface area contributed by atoms with Gasteiger partial charge in [-0.3, -0.25) is 10.1 Å². The maximum absolute atomic E-state index is 12.9. The average Bonchev–Trinajstić information content (AvgIpc) is 3.43. The topological polar surface area (TPSA) is 72.1 Å². The number of aromatic nitrogens is 2. The predicted molar refractivity (Wildman–Crippen MR) is 129 cm³/mol. The van der Waals surface area contributed by atoms with E-state index in [4.69, 9.17) is 4.42 Å². The third-order valence-electron chi connectivity index (χ3n) is 5.43. The van der Waals surface area contributed by atoms with E-state index < -0.39 is 0 Å². The van der Waals surface area contributed by atoms with Gasteiger partial charge in [-0.15, -0.1) is 0 Å². The summed E-state index contributed by atoms with van der Waals surface area (Å²) in [5, 5.41) is 11.9. The van der Waals surface area contributed by atoms with Crippen LogP contribution in [-0.2, 0) is 4.79 Å². The van der Waals surface area contributed by atoms with Crippen molar-refractivity contribution >= 4 is 22.7 Å². The molecule has 1 unspecified atom stereocenters. The van der Waals surface area contributed by atoms with Gasteiger partial charge in [0.15, 0.2) is 0 Å². The number of amides is 1. The standard InChI is InChI=1S/C27H24N4O2/c1-19-16-25(31(30-19)22-13-6-3-7-14-22)29-26(32)18-28-27(20-10-4-2-5-11-20)24-17-21-12-8-9-15-23(21)33-24/h2-17,27-28H,18H2,1H3,(H,29,32). The summed E-state index contributed by atoms with van der Waals surface area (Å²) in [6.07, 6.45) is 0. The van der Waals surface area contributed by atoms with Crippen molar-refractivity contribution in [2.45, 2.75) is 13.0 Å². The lowest BCUT2D eigenvalue weighted by Gasteiger charge is -2.17. The Bertz CT molecular complexity index is 1340. The van der Waals surface area contributed by atoms with Gasteiger partial charge in [-0.2, -0.15) is 5.10 Å². The van der Waals surface area contributed by atoms with E-state index >= 15 is 0 Å². The summed E-state index contributed by atoms with van der Waals surface area (Å²) in [6.45, 7) is 2.01. The lowest BCUT2D eigenvalue weighted by atomic mass is 10.0. The first-order valence-corrected chi connectivity index (χ1v) is 10.9. The normalized spacial score (nSPS) is 12.0. The van der Waals surface area contributed by atoms with Crippen molar-refractivity contribution in [1.82, 2.24) is 15.1 Å². The minimum Gasteiger partial charge on any atom is -0.459 e. The molecule has 0 aliphatic carbocycles. The van der Waals surface area contributed by atoms with E-state index in [-0.39, 0.29) is 18.5 Å². The number of nitrogens with one attached hydrogen (secondary N) is 2. The van der Waals surface area contributed by atoms with Crippen LogP contribution in [0.2, 0.25) is 0 Å². The molecule has 0 saturated carbocycles. The van der Waals surface area contributed by atoms with Crippen LogP contribution in [0.1, 0.15) is 23.1 Å². The maximum atomic E-state index is 12.9. The number of para-hydroxylation sites is 2. The van der Waals surface area contributed by atoms with Gasteiger partial charge in [0.05, 0.1) is 24.0 Å². The summed E-state index contributed by atoms with van der Waals surface area (Å²) in [6, 6.07) is 31.2. The molecule has 3 aromatic carbocycles. The Hall–Kier alpha value is -4.16. The van der Waals surface area contributed by atoms with Crippen molar-refractivity contribution < 1.29 is 9.21 Å². The maximum Gasteiger partial charge on any atom is 0.239 e. The Balaban J connectivity index is 1.36. The Morgan fingerprint density at radius 2 is 1.64 bits per heavy atom. The fourth-order valence-corrected chi connectivity index (χ4v) is 3.91. The highest BCUT2D eigenvalue weighted by atomic mass is 16.3. The van der Waals surface area contributed by atoms with Gasteiger partial charge in [0.1, 0.15) is 17.2 Å². The number of furan rings is 1. The zero-order chi connectivity index (χ0) is 22.6. The largest absolute Gasteiger partial charge is 0.459 e. The highest BCUT2D eigenvalue weighted by Crippen LogP contribution is 2.28. The quantitative estimate of drug-likeness (QED) is 0.366. The van der Waals surface area contributed by atoms with Crippen LogP contribution in [0.5, 0.6) is 0 Å². The third-order valence-corrected chi connectivity index (χ3v) is 5.43. The molecule has 0 bridgehead atoms. The van der Waals surface area contributed by atoms with E-state index in [1.54, 1.807) is 4.68 Å². The molecule has 164 valence electrons. The molecule has 0 saturated heterocycles. The molecule has 33 heavy (non-hydrogen) atoms. The number of hydrogen-bond acceptors (Lipinski definition) is 4. The summed E-state index contributed by atoms with van der Waals surface area (Å²) in [5.41, 5.74) is 3.56. The van der Waals surface area contributed by atoms with Crippen LogP contribution in [0.3, 0.4) is 0 Å². The van der Waals surface area contributed by atoms with E-state index in [0.29, 0.717) is 5.82 Å². The van der Waals surface area contributed by atoms with Crippen molar-refractivity contribution in [3.63, 3.8) is 0 Å². The molecular weight excluding hydrogens is 412 g/mol. The monoisotopic (exact) mass is 436 g/mol. The number of carbonyl (C=O) groups excluding carboxylic acids is 1. The van der Waals surface area contributed by atoms with Crippen molar-refractivity contribution in [3.8, 4) is 5.69 Å². The smallest absolute Gasteiger partial charge is 0.239 e. The summed E-state index contributed by atoms with van der Waals surface area (Å²) in [4.78, 5) is 12.9. The van der Waals surface area contributed by atoms with E-state index in [9.17, 15) is 4.79 Å². The van der Waals surface area contributed by atoms with E-state index in [1.165, 1.54) is 0 Å². The number of fused-ring (bicyclic) bond motifs is 1. The van der Waals surface area contributed by atoms with Gasteiger partial charge in [-0.25, -0.2) is 4.68 Å². The lowest BCUT2D eigenvalue weighted by Crippen LogP contribution is -2.32. The average molecular weight is 437 g/mol. The number of hydrogen-bond donors (Lipinski definition) is 2. The van der Waals surface area contributed by atoms with Crippen molar-refractivity contribution in [1.29, 1.82) is 0 Å². The fourth-order valence-electron chi connectivity index (χ4n) is 3.91. The van der Waals surface area contributed by atoms with Gasteiger partial charge >= 0.3 is 0 Å². The molecule has 0 spiro atoms. The second-order valence-corrected chi connectivity index (χ2v) is 7.88. The number of carbonyl (C=O) groups is 1. The van der Waals surface area contributed by atoms with Crippen LogP contribution in [0.4, 0.5) is 5.82 Å². The van der Waals surface area contributed by atoms with Crippen LogP contribution in [0.25, 0.3) is 16.7 Å². The molecule has 0 aliphatic rings. The second-order valence-electron chi connectivity index (χ2n) is 7.88. The van der Waals surface area contributed by atoms with E-state index in [2.05, 4.69) is 15.7 Å². The van der Waals surface area contributed by atoms with Gasteiger partial charge < -0.3 is 9.73 Å². The molecule has 5 aromatic rings. The van der Waals surface area contributed by atoms with Crippen LogP contribution in [0.15, 0.2) is 101 Å². The Morgan fingerprint density at radius 3 is 2.39 bits per heavy atom. The van der Waals surface area contributed by atoms with Crippen LogP contribution in [-0.4, -0.2) is 22.2 Å². The lowest BCUT2D eigenvalue weighted by molar-refractivity contribution is -0.115. The fraction of sp³-hybridized carbons (Fsp3) is 0.111. The minimum atomic E-state index is -0.259. The molecule has 2 heterocycles. The number of benzene rings is 3. The first-order chi connectivity index (χ1) is 16.2. The molecule has 1 atom stereocenters. The molecule has 2 N–H and O–H groups in total. The zero-order valence-corrected chi connectivity index (χ0v) is 18.2. The molecule has 0 aliphatic heterocycles. The number of anilines is 1. The van der Waals surface area contributed by atoms with Gasteiger partial charge in [0.25, 0.3) is 0 Å². The van der Waals surface area contributed by atoms with Crippen molar-refractivity contribution in [2.24, 2.45) is 0 Å². The number of aryl methyl sites for hydroxylation is 1. The highest BCUT2D eigenvalue weighted by molar-refractivity contribution is 5.92. The number of rotatable bonds is 7. The molecule has 2 aromatic heterocycles. The van der Waals surface area contributed by atoms with E-state index in [1.807, 2.05) is 104 Å². The molecule has 0 radical (unpaired) electrons. The third kappa shape index (κ3) is 4.56. The predicted octanol–water partition coefficient (Wildman–Crippen LogP) is 5.24. The van der Waals surface area contributed by atoms with Gasteiger partial charge in [-0.05, 0) is 36.8 Å². The van der Waals surface area contributed by atoms with Crippen LogP contribution >= 0.6 is 0 Å². The zero-order valence-electron chi connectivity index (χ0n) is 18.2. The van der Waals surface area contributed by atoms with Crippen molar-refractivity contribution in [3.05, 3.63) is 114 Å².